The van der Waals surface area contributed by atoms with Gasteiger partial charge in [0.05, 0.1) is 17.1 Å². The molecule has 1 amide bonds. The number of hydrogen-bond acceptors (Lipinski definition) is 4. The lowest BCUT2D eigenvalue weighted by atomic mass is 10.1. The number of piperazine rings is 1. The van der Waals surface area contributed by atoms with Gasteiger partial charge in [-0.3, -0.25) is 4.79 Å². The van der Waals surface area contributed by atoms with E-state index in [1.807, 2.05) is 6.92 Å². The molecule has 1 aliphatic heterocycles. The first-order valence-electron chi connectivity index (χ1n) is 9.82. The number of sulfonamides is 1. The second-order valence-electron chi connectivity index (χ2n) is 7.09. The van der Waals surface area contributed by atoms with Crippen LogP contribution >= 0.6 is 0 Å². The van der Waals surface area contributed by atoms with Crippen LogP contribution in [-0.2, 0) is 16.2 Å². The molecule has 2 aromatic rings. The summed E-state index contributed by atoms with van der Waals surface area (Å²) in [5, 5.41) is 0. The van der Waals surface area contributed by atoms with Crippen LogP contribution in [0.2, 0.25) is 0 Å². The van der Waals surface area contributed by atoms with Crippen molar-refractivity contribution in [3.63, 3.8) is 0 Å². The van der Waals surface area contributed by atoms with E-state index in [0.29, 0.717) is 17.9 Å². The number of nitrogens with zero attached hydrogens (tertiary/aromatic N) is 2. The molecule has 0 spiro atoms. The third kappa shape index (κ3) is 5.37. The molecule has 0 radical (unpaired) electrons. The van der Waals surface area contributed by atoms with Crippen LogP contribution in [0.1, 0.15) is 29.3 Å². The van der Waals surface area contributed by atoms with Crippen LogP contribution < -0.4 is 4.74 Å². The predicted octanol–water partition coefficient (Wildman–Crippen LogP) is 3.64. The first kappa shape index (κ1) is 23.1. The molecule has 0 aliphatic carbocycles. The molecule has 6 nitrogen and oxygen atoms in total. The highest BCUT2D eigenvalue weighted by molar-refractivity contribution is 7.89. The Labute approximate surface area is 179 Å². The van der Waals surface area contributed by atoms with E-state index in [0.717, 1.165) is 30.7 Å². The summed E-state index contributed by atoms with van der Waals surface area (Å²) in [6.45, 7) is 2.99. The molecule has 2 aromatic carbocycles. The van der Waals surface area contributed by atoms with E-state index in [4.69, 9.17) is 4.74 Å². The largest absolute Gasteiger partial charge is 0.494 e. The number of carbonyl (C=O) groups excluding carboxylic acids is 1. The number of halogens is 3. The molecule has 1 saturated heterocycles. The molecule has 1 heterocycles. The quantitative estimate of drug-likeness (QED) is 0.666. The Bertz CT molecular complexity index is 1020. The Morgan fingerprint density at radius 1 is 1.03 bits per heavy atom. The third-order valence-corrected chi connectivity index (χ3v) is 6.81. The van der Waals surface area contributed by atoms with Crippen molar-refractivity contribution in [1.29, 1.82) is 0 Å². The van der Waals surface area contributed by atoms with Crippen molar-refractivity contribution in [2.45, 2.75) is 24.4 Å². The van der Waals surface area contributed by atoms with Gasteiger partial charge in [-0.15, -0.1) is 0 Å². The van der Waals surface area contributed by atoms with Gasteiger partial charge in [0.15, 0.2) is 0 Å². The average Bonchev–Trinajstić information content (AvgIpc) is 2.77. The van der Waals surface area contributed by atoms with Gasteiger partial charge in [-0.1, -0.05) is 13.0 Å². The van der Waals surface area contributed by atoms with Crippen molar-refractivity contribution >= 4 is 15.9 Å². The molecule has 0 unspecified atom stereocenters. The van der Waals surface area contributed by atoms with E-state index in [1.165, 1.54) is 4.31 Å². The zero-order valence-corrected chi connectivity index (χ0v) is 17.7. The van der Waals surface area contributed by atoms with Gasteiger partial charge >= 0.3 is 6.18 Å². The number of benzene rings is 2. The second-order valence-corrected chi connectivity index (χ2v) is 9.03. The van der Waals surface area contributed by atoms with E-state index in [-0.39, 0.29) is 37.0 Å². The van der Waals surface area contributed by atoms with Gasteiger partial charge in [-0.2, -0.15) is 17.5 Å². The predicted molar refractivity (Wildman–Crippen MR) is 108 cm³/mol. The zero-order valence-electron chi connectivity index (χ0n) is 16.9. The number of carbonyl (C=O) groups is 1. The van der Waals surface area contributed by atoms with Crippen LogP contribution in [0, 0.1) is 0 Å². The number of alkyl halides is 3. The summed E-state index contributed by atoms with van der Waals surface area (Å²) in [5.41, 5.74) is -0.459. The molecular weight excluding hydrogens is 433 g/mol. The summed E-state index contributed by atoms with van der Waals surface area (Å²) in [6, 6.07) is 10.2. The molecule has 0 aromatic heterocycles. The molecule has 1 aliphatic rings. The van der Waals surface area contributed by atoms with Crippen LogP contribution in [0.15, 0.2) is 53.4 Å². The summed E-state index contributed by atoms with van der Waals surface area (Å²) in [6.07, 6.45) is -3.69. The smallest absolute Gasteiger partial charge is 0.416 e. The minimum Gasteiger partial charge on any atom is -0.494 e. The van der Waals surface area contributed by atoms with Crippen molar-refractivity contribution < 1.29 is 31.1 Å². The number of hydrogen-bond donors (Lipinski definition) is 0. The Kier molecular flexibility index (Phi) is 6.90. The third-order valence-electron chi connectivity index (χ3n) is 4.90. The maximum absolute atomic E-state index is 12.8. The van der Waals surface area contributed by atoms with Crippen LogP contribution in [0.25, 0.3) is 0 Å². The second kappa shape index (κ2) is 9.27. The summed E-state index contributed by atoms with van der Waals surface area (Å²) >= 11 is 0. The Hall–Kier alpha value is -2.59. The fourth-order valence-corrected chi connectivity index (χ4v) is 4.64. The van der Waals surface area contributed by atoms with Crippen molar-refractivity contribution in [3.05, 3.63) is 59.7 Å². The highest BCUT2D eigenvalue weighted by Gasteiger charge is 2.33. The molecule has 0 atom stereocenters. The van der Waals surface area contributed by atoms with Gasteiger partial charge in [0.1, 0.15) is 5.75 Å². The lowest BCUT2D eigenvalue weighted by Gasteiger charge is -2.34. The van der Waals surface area contributed by atoms with Crippen LogP contribution in [-0.4, -0.2) is 56.3 Å². The topological polar surface area (TPSA) is 66.9 Å². The standard InChI is InChI=1S/C21H23F3N2O4S/c1-2-14-30-18-5-3-4-16(15-18)20(27)25-10-12-26(13-11-25)31(28,29)19-8-6-17(7-9-19)21(22,23)24/h3-9,15H,2,10-14H2,1H3. The first-order chi connectivity index (χ1) is 14.6. The number of ether oxygens (including phenoxy) is 1. The van der Waals surface area contributed by atoms with Crippen molar-refractivity contribution in [1.82, 2.24) is 9.21 Å². The summed E-state index contributed by atoms with van der Waals surface area (Å²) in [7, 11) is -3.95. The van der Waals surface area contributed by atoms with E-state index >= 15 is 0 Å². The van der Waals surface area contributed by atoms with Gasteiger partial charge in [0, 0.05) is 31.7 Å². The molecule has 31 heavy (non-hydrogen) atoms. The molecular formula is C21H23F3N2O4S. The average molecular weight is 456 g/mol. The van der Waals surface area contributed by atoms with Gasteiger partial charge in [-0.05, 0) is 48.9 Å². The number of amides is 1. The van der Waals surface area contributed by atoms with Crippen LogP contribution in [0.5, 0.6) is 5.75 Å². The van der Waals surface area contributed by atoms with E-state index in [1.54, 1.807) is 29.2 Å². The lowest BCUT2D eigenvalue weighted by Crippen LogP contribution is -2.50. The molecule has 10 heteroatoms. The Morgan fingerprint density at radius 3 is 2.26 bits per heavy atom. The monoisotopic (exact) mass is 456 g/mol. The molecule has 0 N–H and O–H groups in total. The fourth-order valence-electron chi connectivity index (χ4n) is 3.22. The highest BCUT2D eigenvalue weighted by atomic mass is 32.2. The van der Waals surface area contributed by atoms with Crippen LogP contribution in [0.3, 0.4) is 0 Å². The molecule has 1 fully saturated rings. The summed E-state index contributed by atoms with van der Waals surface area (Å²) in [4.78, 5) is 14.1. The number of rotatable bonds is 6. The normalized spacial score (nSPS) is 15.7. The molecule has 0 saturated carbocycles. The SMILES string of the molecule is CCCOc1cccc(C(=O)N2CCN(S(=O)(=O)c3ccc(C(F)(F)F)cc3)CC2)c1. The zero-order chi connectivity index (χ0) is 22.6. The Balaban J connectivity index is 1.65. The minimum absolute atomic E-state index is 0.0567. The van der Waals surface area contributed by atoms with Gasteiger partial charge in [0.25, 0.3) is 5.91 Å². The molecule has 3 rings (SSSR count). The molecule has 0 bridgehead atoms. The van der Waals surface area contributed by atoms with E-state index in [9.17, 15) is 26.4 Å². The molecule has 168 valence electrons. The summed E-state index contributed by atoms with van der Waals surface area (Å²) in [5.74, 6) is 0.366. The first-order valence-corrected chi connectivity index (χ1v) is 11.3. The maximum Gasteiger partial charge on any atom is 0.416 e. The van der Waals surface area contributed by atoms with Gasteiger partial charge in [-0.25, -0.2) is 8.42 Å². The van der Waals surface area contributed by atoms with Crippen LogP contribution in [0.4, 0.5) is 13.2 Å². The highest BCUT2D eigenvalue weighted by Crippen LogP contribution is 2.30. The van der Waals surface area contributed by atoms with Gasteiger partial charge in [0.2, 0.25) is 10.0 Å². The van der Waals surface area contributed by atoms with E-state index in [2.05, 4.69) is 0 Å². The van der Waals surface area contributed by atoms with Crippen molar-refractivity contribution in [2.75, 3.05) is 32.8 Å². The maximum atomic E-state index is 12.8. The minimum atomic E-state index is -4.53. The van der Waals surface area contributed by atoms with Crippen molar-refractivity contribution in [3.8, 4) is 5.75 Å². The fraction of sp³-hybridized carbons (Fsp3) is 0.381. The summed E-state index contributed by atoms with van der Waals surface area (Å²) < 4.78 is 70.4. The Morgan fingerprint density at radius 2 is 1.68 bits per heavy atom. The van der Waals surface area contributed by atoms with E-state index < -0.39 is 21.8 Å². The lowest BCUT2D eigenvalue weighted by molar-refractivity contribution is -0.137. The van der Waals surface area contributed by atoms with Crippen molar-refractivity contribution in [2.24, 2.45) is 0 Å². The van der Waals surface area contributed by atoms with Gasteiger partial charge < -0.3 is 9.64 Å².